The zero-order valence-electron chi connectivity index (χ0n) is 10.2. The fourth-order valence-electron chi connectivity index (χ4n) is 0.977. The molecule has 0 rings (SSSR count). The van der Waals surface area contributed by atoms with Gasteiger partial charge in [-0.2, -0.15) is 0 Å². The Balaban J connectivity index is 4.66. The average molecular weight is 212 g/mol. The number of hydrogen-bond donors (Lipinski definition) is 0. The lowest BCUT2D eigenvalue weighted by atomic mass is 9.77. The van der Waals surface area contributed by atoms with Gasteiger partial charge in [0, 0.05) is 5.41 Å². The Morgan fingerprint density at radius 2 is 1.73 bits per heavy atom. The zero-order chi connectivity index (χ0) is 12.3. The van der Waals surface area contributed by atoms with E-state index in [1.165, 1.54) is 6.92 Å². The van der Waals surface area contributed by atoms with Gasteiger partial charge in [0.1, 0.15) is 17.8 Å². The maximum atomic E-state index is 11.4. The van der Waals surface area contributed by atoms with E-state index in [-0.39, 0.29) is 17.6 Å². The van der Waals surface area contributed by atoms with E-state index in [0.717, 1.165) is 0 Å². The first-order chi connectivity index (χ1) is 6.62. The molecular formula is C12H20O3. The summed E-state index contributed by atoms with van der Waals surface area (Å²) in [5, 5.41) is 0. The molecule has 86 valence electrons. The largest absolute Gasteiger partial charge is 0.454 e. The monoisotopic (exact) mass is 212 g/mol. The van der Waals surface area contributed by atoms with E-state index in [2.05, 4.69) is 6.58 Å². The second kappa shape index (κ2) is 4.60. The molecule has 0 bridgehead atoms. The molecule has 0 fully saturated rings. The van der Waals surface area contributed by atoms with Crippen LogP contribution in [0.1, 0.15) is 41.0 Å². The van der Waals surface area contributed by atoms with Crippen LogP contribution in [0.25, 0.3) is 0 Å². The molecule has 3 heteroatoms. The van der Waals surface area contributed by atoms with E-state index >= 15 is 0 Å². The van der Waals surface area contributed by atoms with Gasteiger partial charge in [0.05, 0.1) is 0 Å². The smallest absolute Gasteiger partial charge is 0.314 e. The van der Waals surface area contributed by atoms with Crippen molar-refractivity contribution >= 4 is 11.8 Å². The van der Waals surface area contributed by atoms with Crippen LogP contribution in [0.2, 0.25) is 0 Å². The van der Waals surface area contributed by atoms with E-state index in [4.69, 9.17) is 4.74 Å². The van der Waals surface area contributed by atoms with Crippen molar-refractivity contribution in [3.8, 4) is 0 Å². The molecule has 0 aromatic heterocycles. The SMILES string of the molecule is C=CC(C)(OC(=O)CC(C)=O)C(C)(C)C. The molecule has 0 N–H and O–H groups in total. The Hall–Kier alpha value is -1.12. The predicted molar refractivity (Wildman–Crippen MR) is 59.4 cm³/mol. The molecular weight excluding hydrogens is 192 g/mol. The van der Waals surface area contributed by atoms with Crippen molar-refractivity contribution in [2.45, 2.75) is 46.6 Å². The summed E-state index contributed by atoms with van der Waals surface area (Å²) in [4.78, 5) is 22.1. The van der Waals surface area contributed by atoms with Crippen molar-refractivity contribution in [2.24, 2.45) is 5.41 Å². The summed E-state index contributed by atoms with van der Waals surface area (Å²) in [7, 11) is 0. The van der Waals surface area contributed by atoms with Gasteiger partial charge in [-0.15, -0.1) is 0 Å². The highest BCUT2D eigenvalue weighted by Crippen LogP contribution is 2.34. The maximum absolute atomic E-state index is 11.4. The van der Waals surface area contributed by atoms with Gasteiger partial charge in [0.15, 0.2) is 0 Å². The first-order valence-corrected chi connectivity index (χ1v) is 4.97. The molecule has 1 unspecified atom stereocenters. The van der Waals surface area contributed by atoms with Gasteiger partial charge in [0.25, 0.3) is 0 Å². The number of carbonyl (C=O) groups is 2. The molecule has 3 nitrogen and oxygen atoms in total. The van der Waals surface area contributed by atoms with Crippen molar-refractivity contribution < 1.29 is 14.3 Å². The fraction of sp³-hybridized carbons (Fsp3) is 0.667. The summed E-state index contributed by atoms with van der Waals surface area (Å²) in [5.74, 6) is -0.694. The summed E-state index contributed by atoms with van der Waals surface area (Å²) in [6, 6.07) is 0. The quantitative estimate of drug-likeness (QED) is 0.408. The molecule has 1 atom stereocenters. The van der Waals surface area contributed by atoms with Crippen molar-refractivity contribution in [3.63, 3.8) is 0 Å². The molecule has 15 heavy (non-hydrogen) atoms. The van der Waals surface area contributed by atoms with Crippen LogP contribution in [0.4, 0.5) is 0 Å². The number of carbonyl (C=O) groups excluding carboxylic acids is 2. The molecule has 0 radical (unpaired) electrons. The van der Waals surface area contributed by atoms with E-state index in [9.17, 15) is 9.59 Å². The Labute approximate surface area is 91.5 Å². The second-order valence-corrected chi connectivity index (χ2v) is 4.91. The summed E-state index contributed by atoms with van der Waals surface area (Å²) in [6.07, 6.45) is 1.42. The van der Waals surface area contributed by atoms with Crippen LogP contribution in [0, 0.1) is 5.41 Å². The van der Waals surface area contributed by atoms with E-state index in [1.54, 1.807) is 13.0 Å². The first-order valence-electron chi connectivity index (χ1n) is 4.97. The Morgan fingerprint density at radius 1 is 1.27 bits per heavy atom. The predicted octanol–water partition coefficient (Wildman–Crippen LogP) is 2.50. The Morgan fingerprint density at radius 3 is 2.00 bits per heavy atom. The average Bonchev–Trinajstić information content (AvgIpc) is 2.00. The van der Waals surface area contributed by atoms with Crippen LogP contribution >= 0.6 is 0 Å². The molecule has 0 aromatic rings. The highest BCUT2D eigenvalue weighted by atomic mass is 16.6. The summed E-state index contributed by atoms with van der Waals surface area (Å²) in [5.41, 5.74) is -0.999. The lowest BCUT2D eigenvalue weighted by Gasteiger charge is -2.38. The lowest BCUT2D eigenvalue weighted by Crippen LogP contribution is -2.42. The van der Waals surface area contributed by atoms with E-state index in [0.29, 0.717) is 0 Å². The third-order valence-corrected chi connectivity index (χ3v) is 2.60. The molecule has 0 saturated carbocycles. The minimum Gasteiger partial charge on any atom is -0.454 e. The molecule has 0 spiro atoms. The molecule has 0 saturated heterocycles. The van der Waals surface area contributed by atoms with Crippen LogP contribution in [0.5, 0.6) is 0 Å². The summed E-state index contributed by atoms with van der Waals surface area (Å²) < 4.78 is 5.28. The van der Waals surface area contributed by atoms with Gasteiger partial charge in [-0.25, -0.2) is 0 Å². The van der Waals surface area contributed by atoms with Crippen LogP contribution in [-0.4, -0.2) is 17.4 Å². The second-order valence-electron chi connectivity index (χ2n) is 4.91. The van der Waals surface area contributed by atoms with Gasteiger partial charge in [-0.3, -0.25) is 9.59 Å². The van der Waals surface area contributed by atoms with Crippen LogP contribution in [0.15, 0.2) is 12.7 Å². The number of esters is 1. The van der Waals surface area contributed by atoms with Gasteiger partial charge < -0.3 is 4.74 Å². The zero-order valence-corrected chi connectivity index (χ0v) is 10.2. The molecule has 0 aliphatic carbocycles. The lowest BCUT2D eigenvalue weighted by molar-refractivity contribution is -0.163. The van der Waals surface area contributed by atoms with Crippen molar-refractivity contribution in [1.29, 1.82) is 0 Å². The number of ketones is 1. The van der Waals surface area contributed by atoms with Crippen molar-refractivity contribution in [2.75, 3.05) is 0 Å². The fourth-order valence-corrected chi connectivity index (χ4v) is 0.977. The summed E-state index contributed by atoms with van der Waals surface area (Å²) >= 11 is 0. The number of hydrogen-bond acceptors (Lipinski definition) is 3. The highest BCUT2D eigenvalue weighted by molar-refractivity contribution is 5.94. The van der Waals surface area contributed by atoms with E-state index < -0.39 is 11.6 Å². The van der Waals surface area contributed by atoms with Crippen LogP contribution < -0.4 is 0 Å². The normalized spacial score (nSPS) is 15.3. The summed E-state index contributed by atoms with van der Waals surface area (Å²) in [6.45, 7) is 12.7. The minimum absolute atomic E-state index is 0.181. The molecule has 0 aromatic carbocycles. The van der Waals surface area contributed by atoms with Gasteiger partial charge in [0.2, 0.25) is 0 Å². The van der Waals surface area contributed by atoms with Crippen molar-refractivity contribution in [3.05, 3.63) is 12.7 Å². The number of ether oxygens (including phenoxy) is 1. The first kappa shape index (κ1) is 13.9. The van der Waals surface area contributed by atoms with Gasteiger partial charge in [-0.1, -0.05) is 27.4 Å². The van der Waals surface area contributed by atoms with Gasteiger partial charge >= 0.3 is 5.97 Å². The molecule has 0 heterocycles. The molecule has 0 aliphatic heterocycles. The van der Waals surface area contributed by atoms with Crippen LogP contribution in [-0.2, 0) is 14.3 Å². The van der Waals surface area contributed by atoms with E-state index in [1.807, 2.05) is 20.8 Å². The topological polar surface area (TPSA) is 43.4 Å². The molecule has 0 aliphatic rings. The van der Waals surface area contributed by atoms with Crippen molar-refractivity contribution in [1.82, 2.24) is 0 Å². The maximum Gasteiger partial charge on any atom is 0.314 e. The molecule has 0 amide bonds. The third kappa shape index (κ3) is 3.86. The Bertz CT molecular complexity index is 273. The van der Waals surface area contributed by atoms with Crippen LogP contribution in [0.3, 0.4) is 0 Å². The third-order valence-electron chi connectivity index (χ3n) is 2.60. The highest BCUT2D eigenvalue weighted by Gasteiger charge is 2.38. The minimum atomic E-state index is -0.750. The number of Topliss-reactive ketones (excluding diaryl/α,β-unsaturated/α-hetero) is 1. The Kier molecular flexibility index (Phi) is 4.26. The van der Waals surface area contributed by atoms with Gasteiger partial charge in [-0.05, 0) is 19.9 Å². The standard InChI is InChI=1S/C12H20O3/c1-7-12(6,11(3,4)5)15-10(14)8-9(2)13/h7H,1,8H2,2-6H3. The number of rotatable bonds is 4.